The Morgan fingerprint density at radius 3 is 2.62 bits per heavy atom. The maximum absolute atomic E-state index is 15.7. The summed E-state index contributed by atoms with van der Waals surface area (Å²) in [6, 6.07) is 0. The molecule has 220 valence electrons. The number of benzene rings is 1. The molecule has 3 fully saturated rings. The maximum Gasteiger partial charge on any atom is 0.416 e. The van der Waals surface area contributed by atoms with Gasteiger partial charge in [-0.2, -0.15) is 0 Å². The molecule has 1 aromatic carbocycles. The van der Waals surface area contributed by atoms with E-state index in [0.717, 1.165) is 12.8 Å². The van der Waals surface area contributed by atoms with Gasteiger partial charge >= 0.3 is 6.09 Å². The molecular formula is C27H29F2N9O4. The second-order valence-corrected chi connectivity index (χ2v) is 12.3. The van der Waals surface area contributed by atoms with Gasteiger partial charge in [0.2, 0.25) is 0 Å². The lowest BCUT2D eigenvalue weighted by Crippen LogP contribution is -2.48. The number of nitrogens with two attached hydrogens (primary N) is 1. The zero-order valence-electron chi connectivity index (χ0n) is 22.7. The van der Waals surface area contributed by atoms with Gasteiger partial charge in [0, 0.05) is 38.0 Å². The molecule has 5 heterocycles. The predicted octanol–water partition coefficient (Wildman–Crippen LogP) is 1.53. The van der Waals surface area contributed by atoms with Gasteiger partial charge in [0.25, 0.3) is 11.8 Å². The summed E-state index contributed by atoms with van der Waals surface area (Å²) in [7, 11) is 0. The fourth-order valence-corrected chi connectivity index (χ4v) is 6.72. The molecule has 5 aliphatic rings. The van der Waals surface area contributed by atoms with Crippen molar-refractivity contribution in [3.63, 3.8) is 0 Å². The molecule has 3 aliphatic heterocycles. The van der Waals surface area contributed by atoms with E-state index in [1.807, 2.05) is 0 Å². The Bertz CT molecular complexity index is 1650. The molecule has 2 aliphatic carbocycles. The first-order chi connectivity index (χ1) is 20.2. The van der Waals surface area contributed by atoms with Crippen molar-refractivity contribution in [1.29, 1.82) is 0 Å². The number of hydrogen-bond donors (Lipinski definition) is 2. The van der Waals surface area contributed by atoms with Gasteiger partial charge in [-0.1, -0.05) is 5.21 Å². The van der Waals surface area contributed by atoms with Crippen LogP contribution in [0.2, 0.25) is 0 Å². The summed E-state index contributed by atoms with van der Waals surface area (Å²) in [4.78, 5) is 36.7. The van der Waals surface area contributed by atoms with Crippen LogP contribution in [0.5, 0.6) is 5.88 Å². The summed E-state index contributed by atoms with van der Waals surface area (Å²) in [5.41, 5.74) is 6.02. The van der Waals surface area contributed by atoms with Crippen LogP contribution in [0.4, 0.5) is 25.2 Å². The number of carbonyl (C=O) groups excluding carboxylic acids is 2. The number of halogens is 2. The van der Waals surface area contributed by atoms with E-state index < -0.39 is 28.9 Å². The average molecular weight is 582 g/mol. The zero-order valence-corrected chi connectivity index (χ0v) is 22.7. The molecule has 3 aromatic rings. The number of nitrogens with zero attached hydrogens (tertiary/aromatic N) is 7. The molecule has 8 rings (SSSR count). The number of hydrogen-bond acceptors (Lipinski definition) is 10. The van der Waals surface area contributed by atoms with Crippen LogP contribution in [-0.2, 0) is 28.9 Å². The van der Waals surface area contributed by atoms with Crippen molar-refractivity contribution >= 4 is 34.7 Å². The number of amides is 2. The van der Waals surface area contributed by atoms with Crippen LogP contribution in [0.3, 0.4) is 0 Å². The third-order valence-electron chi connectivity index (χ3n) is 9.24. The number of ether oxygens (including phenoxy) is 2. The maximum atomic E-state index is 15.7. The van der Waals surface area contributed by atoms with Gasteiger partial charge < -0.3 is 25.4 Å². The van der Waals surface area contributed by atoms with Crippen LogP contribution in [0.1, 0.15) is 36.8 Å². The number of fused-ring (bicyclic) bond motifs is 3. The number of anilines is 2. The molecular weight excluding hydrogens is 552 g/mol. The molecule has 2 amide bonds. The summed E-state index contributed by atoms with van der Waals surface area (Å²) in [6.45, 7) is 2.54. The molecule has 13 nitrogen and oxygen atoms in total. The van der Waals surface area contributed by atoms with Crippen LogP contribution >= 0.6 is 0 Å². The van der Waals surface area contributed by atoms with Crippen molar-refractivity contribution in [2.24, 2.45) is 11.7 Å². The van der Waals surface area contributed by atoms with E-state index in [2.05, 4.69) is 30.5 Å². The van der Waals surface area contributed by atoms with Crippen LogP contribution < -0.4 is 20.7 Å². The highest BCUT2D eigenvalue weighted by Gasteiger charge is 2.48. The number of piperidine rings is 1. The van der Waals surface area contributed by atoms with Gasteiger partial charge in [0.1, 0.15) is 11.1 Å². The third-order valence-corrected chi connectivity index (χ3v) is 9.24. The summed E-state index contributed by atoms with van der Waals surface area (Å²) in [6.07, 6.45) is 4.67. The fraction of sp³-hybridized carbons (Fsp3) is 0.556. The van der Waals surface area contributed by atoms with Gasteiger partial charge in [0.15, 0.2) is 35.4 Å². The van der Waals surface area contributed by atoms with Crippen molar-refractivity contribution in [2.45, 2.75) is 56.2 Å². The van der Waals surface area contributed by atoms with Gasteiger partial charge in [-0.3, -0.25) is 9.69 Å². The molecule has 1 atom stereocenters. The minimum absolute atomic E-state index is 0.0257. The Balaban J connectivity index is 0.926. The molecule has 1 unspecified atom stereocenters. The fourth-order valence-electron chi connectivity index (χ4n) is 6.72. The summed E-state index contributed by atoms with van der Waals surface area (Å²) < 4.78 is 43.7. The van der Waals surface area contributed by atoms with Gasteiger partial charge in [-0.15, -0.1) is 5.10 Å². The van der Waals surface area contributed by atoms with Crippen molar-refractivity contribution in [3.8, 4) is 5.88 Å². The van der Waals surface area contributed by atoms with Gasteiger partial charge in [0.05, 0.1) is 19.3 Å². The number of likely N-dealkylation sites (tertiary alicyclic amines) is 1. The second kappa shape index (κ2) is 9.01. The normalized spacial score (nSPS) is 24.0. The first-order valence-corrected chi connectivity index (χ1v) is 14.2. The smallest absolute Gasteiger partial charge is 0.416 e. The lowest BCUT2D eigenvalue weighted by atomic mass is 9.90. The summed E-state index contributed by atoms with van der Waals surface area (Å²) in [5.74, 6) is -0.552. The molecule has 15 heteroatoms. The lowest BCUT2D eigenvalue weighted by molar-refractivity contribution is -0.118. The lowest BCUT2D eigenvalue weighted by Gasteiger charge is -2.38. The largest absolute Gasteiger partial charge is 0.465 e. The summed E-state index contributed by atoms with van der Waals surface area (Å²) >= 11 is 0. The van der Waals surface area contributed by atoms with Crippen LogP contribution in [-0.4, -0.2) is 85.8 Å². The molecule has 2 aromatic heterocycles. The Kier molecular flexibility index (Phi) is 5.51. The molecule has 2 saturated heterocycles. The minimum Gasteiger partial charge on any atom is -0.465 e. The Morgan fingerprint density at radius 1 is 1.10 bits per heavy atom. The van der Waals surface area contributed by atoms with Crippen LogP contribution in [0.25, 0.3) is 11.0 Å². The Morgan fingerprint density at radius 2 is 1.86 bits per heavy atom. The minimum atomic E-state index is -0.668. The third kappa shape index (κ3) is 4.16. The Labute approximate surface area is 238 Å². The topological polar surface area (TPSA) is 154 Å². The number of aromatic nitrogens is 5. The van der Waals surface area contributed by atoms with E-state index in [1.54, 1.807) is 0 Å². The van der Waals surface area contributed by atoms with E-state index in [1.165, 1.54) is 15.8 Å². The van der Waals surface area contributed by atoms with E-state index in [4.69, 9.17) is 15.2 Å². The average Bonchev–Trinajstić information content (AvgIpc) is 3.28. The van der Waals surface area contributed by atoms with Crippen molar-refractivity contribution < 1.29 is 27.8 Å². The van der Waals surface area contributed by atoms with Crippen LogP contribution in [0.15, 0.2) is 6.20 Å². The van der Waals surface area contributed by atoms with Crippen molar-refractivity contribution in [3.05, 3.63) is 29.0 Å². The number of nitrogens with one attached hydrogen (secondary N) is 1. The van der Waals surface area contributed by atoms with Gasteiger partial charge in [-0.25, -0.2) is 28.2 Å². The molecule has 0 radical (unpaired) electrons. The highest BCUT2D eigenvalue weighted by atomic mass is 19.1. The number of rotatable bonds is 5. The second-order valence-electron chi connectivity index (χ2n) is 12.3. The predicted molar refractivity (Wildman–Crippen MR) is 143 cm³/mol. The quantitative estimate of drug-likeness (QED) is 0.454. The monoisotopic (exact) mass is 581 g/mol. The van der Waals surface area contributed by atoms with Crippen molar-refractivity contribution in [1.82, 2.24) is 29.9 Å². The SMILES string of the molecule is NC1(Cn2nnc3c(F)c4c(c(F)c32)CC(CN2CCC3(CC2)CN(c2cnc5c(n2)NC(=O)CO5)C(=O)O3)C4)CC1. The van der Waals surface area contributed by atoms with E-state index in [-0.39, 0.29) is 47.0 Å². The standard InChI is InChI=1S/C27H29F2N9O4/c28-19-15-7-14(8-16(15)20(29)22-21(19)34-35-38(22)12-26(30)1-2-26)10-36-5-3-27(4-6-36)13-37(25(40)42-27)17-9-31-24-23(32-17)33-18(39)11-41-24/h9,14H,1-8,10-13,30H2,(H,32,33,39). The summed E-state index contributed by atoms with van der Waals surface area (Å²) in [5, 5.41) is 10.6. The molecule has 1 saturated carbocycles. The first-order valence-electron chi connectivity index (χ1n) is 14.2. The highest BCUT2D eigenvalue weighted by Crippen LogP contribution is 2.40. The van der Waals surface area contributed by atoms with E-state index in [9.17, 15) is 9.59 Å². The molecule has 0 bridgehead atoms. The molecule has 42 heavy (non-hydrogen) atoms. The molecule has 3 N–H and O–H groups in total. The van der Waals surface area contributed by atoms with E-state index >= 15 is 8.78 Å². The van der Waals surface area contributed by atoms with Crippen LogP contribution in [0, 0.1) is 17.6 Å². The Hall–Kier alpha value is -3.98. The van der Waals surface area contributed by atoms with Gasteiger partial charge in [-0.05, 0) is 42.7 Å². The van der Waals surface area contributed by atoms with Crippen molar-refractivity contribution in [2.75, 3.05) is 43.0 Å². The first kappa shape index (κ1) is 25.7. The zero-order chi connectivity index (χ0) is 28.8. The molecule has 1 spiro atoms. The highest BCUT2D eigenvalue weighted by molar-refractivity contribution is 5.94. The van der Waals surface area contributed by atoms with E-state index in [0.29, 0.717) is 69.5 Å². The number of carbonyl (C=O) groups is 2.